The fraction of sp³-hybridized carbons (Fsp3) is 0.167. The van der Waals surface area contributed by atoms with Gasteiger partial charge >= 0.3 is 0 Å². The van der Waals surface area contributed by atoms with Gasteiger partial charge in [0, 0.05) is 11.4 Å². The number of para-hydroxylation sites is 2. The predicted molar refractivity (Wildman–Crippen MR) is 96.6 cm³/mol. The molecule has 122 valence electrons. The molecule has 0 fully saturated rings. The van der Waals surface area contributed by atoms with Gasteiger partial charge in [0.25, 0.3) is 0 Å². The van der Waals surface area contributed by atoms with Crippen molar-refractivity contribution in [2.75, 3.05) is 11.1 Å². The highest BCUT2D eigenvalue weighted by molar-refractivity contribution is 7.99. The number of nitrogens with zero attached hydrogens (tertiary/aromatic N) is 3. The number of anilines is 1. The lowest BCUT2D eigenvalue weighted by Gasteiger charge is -2.09. The van der Waals surface area contributed by atoms with Crippen LogP contribution in [0.1, 0.15) is 11.4 Å². The van der Waals surface area contributed by atoms with E-state index in [1.54, 1.807) is 0 Å². The number of thioether (sulfide) groups is 1. The summed E-state index contributed by atoms with van der Waals surface area (Å²) < 4.78 is 1.95. The first-order chi connectivity index (χ1) is 11.6. The second-order valence-corrected chi connectivity index (χ2v) is 6.30. The van der Waals surface area contributed by atoms with Gasteiger partial charge < -0.3 is 5.32 Å². The highest BCUT2D eigenvalue weighted by Gasteiger charge is 2.13. The summed E-state index contributed by atoms with van der Waals surface area (Å²) in [7, 11) is 0. The molecule has 0 spiro atoms. The van der Waals surface area contributed by atoms with Crippen molar-refractivity contribution in [1.29, 1.82) is 0 Å². The van der Waals surface area contributed by atoms with E-state index in [0.717, 1.165) is 22.8 Å². The Morgan fingerprint density at radius 1 is 1.04 bits per heavy atom. The van der Waals surface area contributed by atoms with Crippen molar-refractivity contribution in [2.24, 2.45) is 0 Å². The van der Waals surface area contributed by atoms with E-state index in [1.807, 2.05) is 73.0 Å². The van der Waals surface area contributed by atoms with Crippen LogP contribution < -0.4 is 5.32 Å². The molecule has 0 aliphatic heterocycles. The Balaban J connectivity index is 1.70. The van der Waals surface area contributed by atoms with Gasteiger partial charge in [-0.25, -0.2) is 0 Å². The van der Waals surface area contributed by atoms with Gasteiger partial charge in [0.15, 0.2) is 5.16 Å². The minimum atomic E-state index is -0.0606. The highest BCUT2D eigenvalue weighted by atomic mass is 32.2. The number of carbonyl (C=O) groups is 1. The Morgan fingerprint density at radius 2 is 1.75 bits per heavy atom. The Labute approximate surface area is 145 Å². The van der Waals surface area contributed by atoms with Crippen LogP contribution in [0.25, 0.3) is 5.69 Å². The molecule has 0 saturated carbocycles. The van der Waals surface area contributed by atoms with Crippen molar-refractivity contribution in [3.05, 3.63) is 66.0 Å². The number of rotatable bonds is 5. The van der Waals surface area contributed by atoms with Crippen LogP contribution in [0.5, 0.6) is 0 Å². The number of nitrogens with one attached hydrogen (secondary N) is 1. The normalized spacial score (nSPS) is 10.6. The van der Waals surface area contributed by atoms with Crippen LogP contribution in [-0.4, -0.2) is 26.4 Å². The molecule has 2 aromatic carbocycles. The van der Waals surface area contributed by atoms with Gasteiger partial charge in [-0.15, -0.1) is 10.2 Å². The third-order valence-corrected chi connectivity index (χ3v) is 4.49. The van der Waals surface area contributed by atoms with Gasteiger partial charge in [0.2, 0.25) is 5.91 Å². The van der Waals surface area contributed by atoms with E-state index in [1.165, 1.54) is 11.8 Å². The molecule has 3 aromatic rings. The van der Waals surface area contributed by atoms with Gasteiger partial charge in [-0.1, -0.05) is 48.2 Å². The Kier molecular flexibility index (Phi) is 4.96. The van der Waals surface area contributed by atoms with Crippen LogP contribution in [0.4, 0.5) is 5.69 Å². The molecule has 0 aliphatic rings. The van der Waals surface area contributed by atoms with E-state index in [-0.39, 0.29) is 11.7 Å². The first-order valence-electron chi connectivity index (χ1n) is 7.61. The second-order valence-electron chi connectivity index (χ2n) is 5.35. The average Bonchev–Trinajstić information content (AvgIpc) is 2.96. The van der Waals surface area contributed by atoms with Crippen LogP contribution in [0.15, 0.2) is 59.8 Å². The lowest BCUT2D eigenvalue weighted by atomic mass is 10.2. The monoisotopic (exact) mass is 338 g/mol. The van der Waals surface area contributed by atoms with E-state index in [4.69, 9.17) is 0 Å². The standard InChI is InChI=1S/C18H18N4OS/c1-13-8-6-7-11-16(13)19-17(23)12-24-18-21-20-14(2)22(18)15-9-4-3-5-10-15/h3-11H,12H2,1-2H3,(H,19,23). The lowest BCUT2D eigenvalue weighted by Crippen LogP contribution is -2.15. The average molecular weight is 338 g/mol. The fourth-order valence-corrected chi connectivity index (χ4v) is 3.14. The summed E-state index contributed by atoms with van der Waals surface area (Å²) in [4.78, 5) is 12.2. The van der Waals surface area contributed by atoms with Crippen molar-refractivity contribution in [1.82, 2.24) is 14.8 Å². The Morgan fingerprint density at radius 3 is 2.50 bits per heavy atom. The summed E-state index contributed by atoms with van der Waals surface area (Å²) in [6.45, 7) is 3.87. The van der Waals surface area contributed by atoms with E-state index in [0.29, 0.717) is 5.16 Å². The van der Waals surface area contributed by atoms with Crippen molar-refractivity contribution in [3.8, 4) is 5.69 Å². The number of aromatic nitrogens is 3. The third kappa shape index (κ3) is 3.65. The molecule has 0 radical (unpaired) electrons. The molecule has 5 nitrogen and oxygen atoms in total. The maximum absolute atomic E-state index is 12.2. The summed E-state index contributed by atoms with van der Waals surface area (Å²) in [6, 6.07) is 17.6. The van der Waals surface area contributed by atoms with E-state index in [2.05, 4.69) is 15.5 Å². The largest absolute Gasteiger partial charge is 0.325 e. The number of amides is 1. The second kappa shape index (κ2) is 7.31. The zero-order valence-corrected chi connectivity index (χ0v) is 14.4. The topological polar surface area (TPSA) is 59.8 Å². The summed E-state index contributed by atoms with van der Waals surface area (Å²) in [5.74, 6) is 1.01. The molecule has 3 rings (SSSR count). The van der Waals surface area contributed by atoms with Crippen LogP contribution in [0, 0.1) is 13.8 Å². The van der Waals surface area contributed by atoms with Crippen LogP contribution in [0.2, 0.25) is 0 Å². The summed E-state index contributed by atoms with van der Waals surface area (Å²) in [5.41, 5.74) is 2.87. The lowest BCUT2D eigenvalue weighted by molar-refractivity contribution is -0.113. The molecule has 0 bridgehead atoms. The van der Waals surface area contributed by atoms with Gasteiger partial charge in [-0.3, -0.25) is 9.36 Å². The quantitative estimate of drug-likeness (QED) is 0.722. The van der Waals surface area contributed by atoms with Gasteiger partial charge in [0.05, 0.1) is 5.75 Å². The minimum Gasteiger partial charge on any atom is -0.325 e. The molecule has 0 atom stereocenters. The third-order valence-electron chi connectivity index (χ3n) is 3.56. The number of carbonyl (C=O) groups excluding carboxylic acids is 1. The summed E-state index contributed by atoms with van der Waals surface area (Å²) >= 11 is 1.37. The van der Waals surface area contributed by atoms with Gasteiger partial charge in [-0.2, -0.15) is 0 Å². The molecule has 24 heavy (non-hydrogen) atoms. The number of aryl methyl sites for hydroxylation is 2. The van der Waals surface area contributed by atoms with Crippen molar-refractivity contribution in [3.63, 3.8) is 0 Å². The van der Waals surface area contributed by atoms with Crippen molar-refractivity contribution in [2.45, 2.75) is 19.0 Å². The van der Waals surface area contributed by atoms with Crippen molar-refractivity contribution < 1.29 is 4.79 Å². The molecule has 0 saturated heterocycles. The molecular weight excluding hydrogens is 320 g/mol. The SMILES string of the molecule is Cc1ccccc1NC(=O)CSc1nnc(C)n1-c1ccccc1. The minimum absolute atomic E-state index is 0.0606. The molecular formula is C18H18N4OS. The Hall–Kier alpha value is -2.60. The van der Waals surface area contributed by atoms with Crippen molar-refractivity contribution >= 4 is 23.4 Å². The number of benzene rings is 2. The first kappa shape index (κ1) is 16.3. The maximum atomic E-state index is 12.2. The van der Waals surface area contributed by atoms with E-state index in [9.17, 15) is 4.79 Å². The zero-order valence-electron chi connectivity index (χ0n) is 13.6. The number of hydrogen-bond acceptors (Lipinski definition) is 4. The molecule has 1 N–H and O–H groups in total. The van der Waals surface area contributed by atoms with Gasteiger partial charge in [0.1, 0.15) is 5.82 Å². The van der Waals surface area contributed by atoms with Gasteiger partial charge in [-0.05, 0) is 37.6 Å². The first-order valence-corrected chi connectivity index (χ1v) is 8.59. The summed E-state index contributed by atoms with van der Waals surface area (Å²) in [5, 5.41) is 12.0. The van der Waals surface area contributed by atoms with Crippen LogP contribution in [0.3, 0.4) is 0 Å². The van der Waals surface area contributed by atoms with E-state index >= 15 is 0 Å². The maximum Gasteiger partial charge on any atom is 0.234 e. The van der Waals surface area contributed by atoms with E-state index < -0.39 is 0 Å². The Bertz CT molecular complexity index is 845. The molecule has 1 aromatic heterocycles. The molecule has 6 heteroatoms. The molecule has 1 heterocycles. The fourth-order valence-electron chi connectivity index (χ4n) is 2.34. The van der Waals surface area contributed by atoms with Crippen LogP contribution in [-0.2, 0) is 4.79 Å². The number of hydrogen-bond donors (Lipinski definition) is 1. The molecule has 1 amide bonds. The molecule has 0 aliphatic carbocycles. The highest BCUT2D eigenvalue weighted by Crippen LogP contribution is 2.22. The van der Waals surface area contributed by atoms with Crippen LogP contribution >= 0.6 is 11.8 Å². The molecule has 0 unspecified atom stereocenters. The predicted octanol–water partition coefficient (Wildman–Crippen LogP) is 3.61. The smallest absolute Gasteiger partial charge is 0.234 e. The zero-order chi connectivity index (χ0) is 16.9. The summed E-state index contributed by atoms with van der Waals surface area (Å²) in [6.07, 6.45) is 0.